The third-order valence-electron chi connectivity index (χ3n) is 2.63. The van der Waals surface area contributed by atoms with Crippen LogP contribution in [0.5, 0.6) is 11.5 Å². The van der Waals surface area contributed by atoms with Crippen molar-refractivity contribution in [3.63, 3.8) is 0 Å². The number of hydrogen-bond donors (Lipinski definition) is 1. The number of fused-ring (bicyclic) bond motifs is 1. The molecule has 1 heterocycles. The Kier molecular flexibility index (Phi) is 2.67. The molecule has 0 aliphatic rings. The van der Waals surface area contributed by atoms with Crippen molar-refractivity contribution in [3.05, 3.63) is 23.5 Å². The van der Waals surface area contributed by atoms with E-state index in [2.05, 4.69) is 0 Å². The van der Waals surface area contributed by atoms with Gasteiger partial charge in [0.2, 0.25) is 5.76 Å². The first kappa shape index (κ1) is 11.3. The van der Waals surface area contributed by atoms with E-state index >= 15 is 0 Å². The van der Waals surface area contributed by atoms with E-state index in [0.717, 1.165) is 0 Å². The van der Waals surface area contributed by atoms with Crippen LogP contribution in [-0.4, -0.2) is 25.3 Å². The smallest absolute Gasteiger partial charge is 0.372 e. The lowest BCUT2D eigenvalue weighted by molar-refractivity contribution is 0.0664. The fraction of sp³-hybridized carbons (Fsp3) is 0.250. The van der Waals surface area contributed by atoms with Crippen molar-refractivity contribution >= 4 is 16.9 Å². The number of methoxy groups -OCH3 is 2. The van der Waals surface area contributed by atoms with Gasteiger partial charge in [-0.05, 0) is 13.0 Å². The Hall–Kier alpha value is -2.17. The van der Waals surface area contributed by atoms with Gasteiger partial charge in [-0.3, -0.25) is 0 Å². The van der Waals surface area contributed by atoms with Crippen molar-refractivity contribution in [2.45, 2.75) is 6.92 Å². The van der Waals surface area contributed by atoms with Gasteiger partial charge in [0.1, 0.15) is 5.75 Å². The fourth-order valence-electron chi connectivity index (χ4n) is 1.74. The summed E-state index contributed by atoms with van der Waals surface area (Å²) in [4.78, 5) is 11.0. The van der Waals surface area contributed by atoms with Gasteiger partial charge in [-0.1, -0.05) is 0 Å². The maximum Gasteiger partial charge on any atom is 0.372 e. The van der Waals surface area contributed by atoms with Crippen LogP contribution in [0.25, 0.3) is 11.0 Å². The molecule has 90 valence electrons. The van der Waals surface area contributed by atoms with Gasteiger partial charge in [-0.2, -0.15) is 0 Å². The second-order valence-electron chi connectivity index (χ2n) is 3.57. The number of benzene rings is 1. The predicted octanol–water partition coefficient (Wildman–Crippen LogP) is 2.46. The minimum Gasteiger partial charge on any atom is -0.497 e. The van der Waals surface area contributed by atoms with Crippen molar-refractivity contribution in [1.82, 2.24) is 0 Å². The van der Waals surface area contributed by atoms with Crippen LogP contribution >= 0.6 is 0 Å². The van der Waals surface area contributed by atoms with E-state index in [1.54, 1.807) is 19.1 Å². The lowest BCUT2D eigenvalue weighted by atomic mass is 10.1. The van der Waals surface area contributed by atoms with Crippen LogP contribution in [-0.2, 0) is 0 Å². The highest BCUT2D eigenvalue weighted by atomic mass is 16.5. The molecule has 0 spiro atoms. The van der Waals surface area contributed by atoms with Crippen LogP contribution in [0, 0.1) is 6.92 Å². The average Bonchev–Trinajstić information content (AvgIpc) is 2.66. The fourth-order valence-corrected chi connectivity index (χ4v) is 1.74. The normalized spacial score (nSPS) is 10.5. The number of hydrogen-bond acceptors (Lipinski definition) is 4. The number of aromatic carboxylic acids is 1. The molecule has 1 aromatic heterocycles. The van der Waals surface area contributed by atoms with Gasteiger partial charge in [0.25, 0.3) is 0 Å². The zero-order valence-electron chi connectivity index (χ0n) is 9.73. The first-order valence-corrected chi connectivity index (χ1v) is 4.97. The molecule has 0 saturated carbocycles. The van der Waals surface area contributed by atoms with Crippen molar-refractivity contribution in [2.75, 3.05) is 14.2 Å². The molecule has 1 N–H and O–H groups in total. The summed E-state index contributed by atoms with van der Waals surface area (Å²) in [7, 11) is 3.03. The number of rotatable bonds is 3. The Morgan fingerprint density at radius 2 is 2.00 bits per heavy atom. The van der Waals surface area contributed by atoms with Gasteiger partial charge in [-0.15, -0.1) is 0 Å². The van der Waals surface area contributed by atoms with Crippen molar-refractivity contribution < 1.29 is 23.8 Å². The number of carboxylic acid groups (broad SMARTS) is 1. The Morgan fingerprint density at radius 1 is 1.29 bits per heavy atom. The van der Waals surface area contributed by atoms with Crippen LogP contribution in [0.2, 0.25) is 0 Å². The quantitative estimate of drug-likeness (QED) is 0.886. The van der Waals surface area contributed by atoms with Crippen molar-refractivity contribution in [2.24, 2.45) is 0 Å². The summed E-state index contributed by atoms with van der Waals surface area (Å²) >= 11 is 0. The third-order valence-corrected chi connectivity index (χ3v) is 2.63. The van der Waals surface area contributed by atoms with E-state index in [4.69, 9.17) is 19.0 Å². The molecule has 2 rings (SSSR count). The predicted molar refractivity (Wildman–Crippen MR) is 61.0 cm³/mol. The minimum atomic E-state index is -1.10. The van der Waals surface area contributed by atoms with Crippen LogP contribution in [0.1, 0.15) is 16.1 Å². The molecule has 0 unspecified atom stereocenters. The van der Waals surface area contributed by atoms with Gasteiger partial charge < -0.3 is 19.0 Å². The highest BCUT2D eigenvalue weighted by molar-refractivity contribution is 5.97. The molecule has 5 heteroatoms. The van der Waals surface area contributed by atoms with Crippen LogP contribution in [0.3, 0.4) is 0 Å². The highest BCUT2D eigenvalue weighted by Gasteiger charge is 2.20. The van der Waals surface area contributed by atoms with Crippen LogP contribution in [0.4, 0.5) is 0 Å². The largest absolute Gasteiger partial charge is 0.497 e. The Balaban J connectivity index is 2.81. The minimum absolute atomic E-state index is 0.0773. The SMILES string of the molecule is COc1cc(OC)c2oc(C(=O)O)c(C)c2c1. The van der Waals surface area contributed by atoms with Gasteiger partial charge in [0.15, 0.2) is 11.3 Å². The van der Waals surface area contributed by atoms with E-state index < -0.39 is 5.97 Å². The molecule has 0 radical (unpaired) electrons. The molecule has 0 saturated heterocycles. The first-order valence-electron chi connectivity index (χ1n) is 4.97. The molecule has 0 atom stereocenters. The monoisotopic (exact) mass is 236 g/mol. The lowest BCUT2D eigenvalue weighted by Crippen LogP contribution is -1.95. The number of ether oxygens (including phenoxy) is 2. The summed E-state index contributed by atoms with van der Waals surface area (Å²) in [5, 5.41) is 9.67. The molecular formula is C12H12O5. The second kappa shape index (κ2) is 4.01. The van der Waals surface area contributed by atoms with Gasteiger partial charge in [-0.25, -0.2) is 4.79 Å². The maximum atomic E-state index is 11.0. The van der Waals surface area contributed by atoms with E-state index in [-0.39, 0.29) is 5.76 Å². The van der Waals surface area contributed by atoms with E-state index in [0.29, 0.717) is 28.0 Å². The first-order chi connectivity index (χ1) is 8.08. The summed E-state index contributed by atoms with van der Waals surface area (Å²) in [5.41, 5.74) is 0.980. The third kappa shape index (κ3) is 1.69. The molecule has 0 aliphatic carbocycles. The summed E-state index contributed by atoms with van der Waals surface area (Å²) in [6, 6.07) is 3.38. The van der Waals surface area contributed by atoms with Crippen LogP contribution < -0.4 is 9.47 Å². The van der Waals surface area contributed by atoms with Gasteiger partial charge >= 0.3 is 5.97 Å². The Labute approximate surface area is 97.6 Å². The summed E-state index contributed by atoms with van der Waals surface area (Å²) in [6.07, 6.45) is 0. The maximum absolute atomic E-state index is 11.0. The molecule has 1 aromatic carbocycles. The zero-order chi connectivity index (χ0) is 12.6. The zero-order valence-corrected chi connectivity index (χ0v) is 9.73. The molecule has 0 amide bonds. The topological polar surface area (TPSA) is 68.9 Å². The van der Waals surface area contributed by atoms with Crippen molar-refractivity contribution in [1.29, 1.82) is 0 Å². The molecule has 0 aliphatic heterocycles. The Morgan fingerprint density at radius 3 is 2.53 bits per heavy atom. The molecule has 17 heavy (non-hydrogen) atoms. The van der Waals surface area contributed by atoms with E-state index in [1.807, 2.05) is 0 Å². The standard InChI is InChI=1S/C12H12O5/c1-6-8-4-7(15-2)5-9(16-3)11(8)17-10(6)12(13)14/h4-5H,1-3H3,(H,13,14). The number of furan rings is 1. The Bertz CT molecular complexity index is 582. The molecule has 0 fully saturated rings. The molecular weight excluding hydrogens is 224 g/mol. The molecule has 5 nitrogen and oxygen atoms in total. The summed E-state index contributed by atoms with van der Waals surface area (Å²) in [5.74, 6) is -0.128. The molecule has 2 aromatic rings. The van der Waals surface area contributed by atoms with E-state index in [1.165, 1.54) is 14.2 Å². The number of carbonyl (C=O) groups is 1. The van der Waals surface area contributed by atoms with Gasteiger partial charge in [0.05, 0.1) is 14.2 Å². The lowest BCUT2D eigenvalue weighted by Gasteiger charge is -2.04. The number of carboxylic acids is 1. The van der Waals surface area contributed by atoms with Crippen molar-refractivity contribution in [3.8, 4) is 11.5 Å². The highest BCUT2D eigenvalue weighted by Crippen LogP contribution is 2.36. The van der Waals surface area contributed by atoms with Crippen LogP contribution in [0.15, 0.2) is 16.5 Å². The average molecular weight is 236 g/mol. The summed E-state index contributed by atoms with van der Waals surface area (Å²) < 4.78 is 15.6. The van der Waals surface area contributed by atoms with E-state index in [9.17, 15) is 4.79 Å². The number of aryl methyl sites for hydroxylation is 1. The second-order valence-corrected chi connectivity index (χ2v) is 3.57. The van der Waals surface area contributed by atoms with Gasteiger partial charge in [0, 0.05) is 17.0 Å². The summed E-state index contributed by atoms with van der Waals surface area (Å²) in [6.45, 7) is 1.69. The molecule has 0 bridgehead atoms.